The van der Waals surface area contributed by atoms with E-state index in [4.69, 9.17) is 4.74 Å². The van der Waals surface area contributed by atoms with Gasteiger partial charge in [0.15, 0.2) is 0 Å². The van der Waals surface area contributed by atoms with E-state index in [0.717, 1.165) is 11.3 Å². The van der Waals surface area contributed by atoms with Crippen LogP contribution < -0.4 is 15.1 Å². The molecule has 1 aromatic rings. The summed E-state index contributed by atoms with van der Waals surface area (Å²) in [7, 11) is 0. The lowest BCUT2D eigenvalue weighted by molar-refractivity contribution is -0.770. The van der Waals surface area contributed by atoms with Gasteiger partial charge in [-0.15, -0.1) is 0 Å². The average Bonchev–Trinajstić information content (AvgIpc) is 2.78. The molecule has 1 heterocycles. The highest BCUT2D eigenvalue weighted by molar-refractivity contribution is 5.53. The van der Waals surface area contributed by atoms with Crippen molar-refractivity contribution < 1.29 is 20.0 Å². The number of quaternary nitrogens is 1. The Balaban J connectivity index is 1.85. The summed E-state index contributed by atoms with van der Waals surface area (Å²) in [6.45, 7) is 6.83. The molecule has 0 saturated carbocycles. The molecule has 23 heavy (non-hydrogen) atoms. The van der Waals surface area contributed by atoms with Gasteiger partial charge in [-0.05, 0) is 32.4 Å². The number of fused-ring (bicyclic) bond motifs is 1. The van der Waals surface area contributed by atoms with Gasteiger partial charge in [0.1, 0.15) is 24.1 Å². The quantitative estimate of drug-likeness (QED) is 0.517. The number of aliphatic hydroxyl groups is 2. The highest BCUT2D eigenvalue weighted by atomic mass is 16.5. The lowest BCUT2D eigenvalue weighted by atomic mass is 10.0. The Morgan fingerprint density at radius 1 is 1.39 bits per heavy atom. The predicted octanol–water partition coefficient (Wildman–Crippen LogP) is 0.307. The van der Waals surface area contributed by atoms with Gasteiger partial charge in [0.25, 0.3) is 0 Å². The molecule has 0 aromatic heterocycles. The molecule has 4 N–H and O–H groups in total. The molecule has 1 aliphatic heterocycles. The minimum absolute atomic E-state index is 0.128. The van der Waals surface area contributed by atoms with E-state index >= 15 is 0 Å². The van der Waals surface area contributed by atoms with Crippen molar-refractivity contribution in [2.24, 2.45) is 0 Å². The van der Waals surface area contributed by atoms with Gasteiger partial charge >= 0.3 is 0 Å². The summed E-state index contributed by atoms with van der Waals surface area (Å²) in [6.07, 6.45) is -0.370. The summed E-state index contributed by atoms with van der Waals surface area (Å²) in [6, 6.07) is 5.64. The number of benzene rings is 1. The summed E-state index contributed by atoms with van der Waals surface area (Å²) >= 11 is 0. The fraction of sp³-hybridized carbons (Fsp3) is 0.647. The van der Waals surface area contributed by atoms with Crippen LogP contribution in [0.3, 0.4) is 0 Å². The third-order valence-corrected chi connectivity index (χ3v) is 4.18. The van der Waals surface area contributed by atoms with E-state index in [2.05, 4.69) is 5.32 Å². The lowest BCUT2D eigenvalue weighted by Crippen LogP contribution is -3.00. The predicted molar refractivity (Wildman–Crippen MR) is 89.0 cm³/mol. The van der Waals surface area contributed by atoms with Crippen molar-refractivity contribution in [3.05, 3.63) is 29.0 Å². The minimum Gasteiger partial charge on any atom is -0.629 e. The van der Waals surface area contributed by atoms with Crippen LogP contribution >= 0.6 is 0 Å². The molecule has 6 nitrogen and oxygen atoms in total. The van der Waals surface area contributed by atoms with Crippen LogP contribution in [0.5, 0.6) is 5.75 Å². The molecule has 0 saturated heterocycles. The van der Waals surface area contributed by atoms with Crippen molar-refractivity contribution in [3.63, 3.8) is 0 Å². The largest absolute Gasteiger partial charge is 0.629 e. The number of rotatable bonds is 8. The second-order valence-electron chi connectivity index (χ2n) is 6.60. The topological polar surface area (TPSA) is 89.2 Å². The van der Waals surface area contributed by atoms with Gasteiger partial charge in [0.05, 0.1) is 18.2 Å². The number of hydrogen-bond acceptors (Lipinski definition) is 5. The smallest absolute Gasteiger partial charge is 0.138 e. The van der Waals surface area contributed by atoms with E-state index in [-0.39, 0.29) is 29.7 Å². The maximum Gasteiger partial charge on any atom is 0.138 e. The van der Waals surface area contributed by atoms with E-state index in [1.54, 1.807) is 6.92 Å². The van der Waals surface area contributed by atoms with Gasteiger partial charge in [-0.25, -0.2) is 0 Å². The zero-order chi connectivity index (χ0) is 17.0. The van der Waals surface area contributed by atoms with Crippen molar-refractivity contribution in [3.8, 4) is 5.75 Å². The van der Waals surface area contributed by atoms with Crippen molar-refractivity contribution in [2.45, 2.75) is 51.4 Å². The SMILES string of the molecule is CC(O)CC(C)NCC(O)COc1cccc2c1C(C)C[NH+]2[O-]. The Hall–Kier alpha value is -1.18. The normalized spacial score (nSPS) is 24.1. The Kier molecular flexibility index (Phi) is 6.38. The van der Waals surface area contributed by atoms with Crippen molar-refractivity contribution in [1.82, 2.24) is 5.32 Å². The fourth-order valence-corrected chi connectivity index (χ4v) is 3.09. The second kappa shape index (κ2) is 8.08. The Morgan fingerprint density at radius 2 is 2.13 bits per heavy atom. The van der Waals surface area contributed by atoms with Crippen LogP contribution in [0, 0.1) is 5.21 Å². The Bertz CT molecular complexity index is 509. The van der Waals surface area contributed by atoms with E-state index in [9.17, 15) is 15.4 Å². The van der Waals surface area contributed by atoms with E-state index in [0.29, 0.717) is 25.3 Å². The van der Waals surface area contributed by atoms with Gasteiger partial charge in [-0.3, -0.25) is 0 Å². The maximum absolute atomic E-state index is 11.9. The van der Waals surface area contributed by atoms with Crippen LogP contribution in [0.25, 0.3) is 0 Å². The zero-order valence-electron chi connectivity index (χ0n) is 14.1. The first kappa shape index (κ1) is 18.2. The molecular formula is C17H28N2O4. The molecule has 130 valence electrons. The molecule has 0 aliphatic carbocycles. The third kappa shape index (κ3) is 4.89. The summed E-state index contributed by atoms with van der Waals surface area (Å²) in [5.41, 5.74) is 1.70. The number of hydroxylamine groups is 1. The number of hydrogen-bond donors (Lipinski definition) is 4. The van der Waals surface area contributed by atoms with E-state index < -0.39 is 6.10 Å². The molecule has 5 atom stereocenters. The molecule has 1 aliphatic rings. The zero-order valence-corrected chi connectivity index (χ0v) is 14.1. The van der Waals surface area contributed by atoms with Crippen LogP contribution in [-0.4, -0.2) is 48.2 Å². The molecule has 0 bridgehead atoms. The van der Waals surface area contributed by atoms with Gasteiger partial charge in [-0.2, -0.15) is 0 Å². The first-order valence-electron chi connectivity index (χ1n) is 8.27. The summed E-state index contributed by atoms with van der Waals surface area (Å²) in [5.74, 6) is 0.854. The van der Waals surface area contributed by atoms with Gasteiger partial charge < -0.3 is 30.5 Å². The highest BCUT2D eigenvalue weighted by Crippen LogP contribution is 2.34. The summed E-state index contributed by atoms with van der Waals surface area (Å²) in [5, 5.41) is 34.6. The average molecular weight is 324 g/mol. The van der Waals surface area contributed by atoms with Crippen molar-refractivity contribution in [1.29, 1.82) is 0 Å². The maximum atomic E-state index is 11.9. The van der Waals surface area contributed by atoms with Gasteiger partial charge in [-0.1, -0.05) is 13.0 Å². The van der Waals surface area contributed by atoms with Crippen LogP contribution in [0.1, 0.15) is 38.7 Å². The van der Waals surface area contributed by atoms with E-state index in [1.807, 2.05) is 32.0 Å². The van der Waals surface area contributed by atoms with Crippen LogP contribution in [0.15, 0.2) is 18.2 Å². The number of ether oxygens (including phenoxy) is 1. The van der Waals surface area contributed by atoms with Crippen molar-refractivity contribution in [2.75, 3.05) is 19.7 Å². The van der Waals surface area contributed by atoms with Crippen LogP contribution in [-0.2, 0) is 0 Å². The summed E-state index contributed by atoms with van der Waals surface area (Å²) < 4.78 is 5.75. The standard InChI is InChI=1S/C17H28N2O4/c1-11-9-19(22)15-5-4-6-16(17(11)15)23-10-14(21)8-18-12(2)7-13(3)20/h4-6,11-14,18-21H,7-10H2,1-3H3. The Morgan fingerprint density at radius 3 is 2.83 bits per heavy atom. The molecule has 0 spiro atoms. The first-order chi connectivity index (χ1) is 10.9. The lowest BCUT2D eigenvalue weighted by Gasteiger charge is -2.19. The molecule has 0 amide bonds. The molecule has 0 radical (unpaired) electrons. The minimum atomic E-state index is -0.644. The molecule has 6 heteroatoms. The molecule has 1 aromatic carbocycles. The van der Waals surface area contributed by atoms with E-state index in [1.165, 1.54) is 0 Å². The van der Waals surface area contributed by atoms with Crippen LogP contribution in [0.4, 0.5) is 5.69 Å². The summed E-state index contributed by atoms with van der Waals surface area (Å²) in [4.78, 5) is 0. The molecular weight excluding hydrogens is 296 g/mol. The first-order valence-corrected chi connectivity index (χ1v) is 8.27. The number of nitrogens with one attached hydrogen (secondary N) is 2. The molecule has 0 fully saturated rings. The van der Waals surface area contributed by atoms with Gasteiger partial charge in [0, 0.05) is 18.5 Å². The fourth-order valence-electron chi connectivity index (χ4n) is 3.09. The highest BCUT2D eigenvalue weighted by Gasteiger charge is 2.29. The monoisotopic (exact) mass is 324 g/mol. The van der Waals surface area contributed by atoms with Gasteiger partial charge in [0.2, 0.25) is 0 Å². The van der Waals surface area contributed by atoms with Crippen LogP contribution in [0.2, 0.25) is 0 Å². The third-order valence-electron chi connectivity index (χ3n) is 4.18. The molecule has 2 rings (SSSR count). The number of aliphatic hydroxyl groups excluding tert-OH is 2. The Labute approximate surface area is 137 Å². The molecule has 5 unspecified atom stereocenters. The van der Waals surface area contributed by atoms with Crippen molar-refractivity contribution >= 4 is 5.69 Å². The second-order valence-corrected chi connectivity index (χ2v) is 6.60.